The fraction of sp³-hybridized carbons (Fsp3) is 0.381. The van der Waals surface area contributed by atoms with Crippen molar-refractivity contribution in [2.75, 3.05) is 13.1 Å². The van der Waals surface area contributed by atoms with Gasteiger partial charge in [-0.25, -0.2) is 12.8 Å². The molecule has 0 radical (unpaired) electrons. The minimum atomic E-state index is -3.68. The molecular formula is C21H24ClFN2O3S. The van der Waals surface area contributed by atoms with Crippen molar-refractivity contribution in [1.29, 1.82) is 0 Å². The highest BCUT2D eigenvalue weighted by atomic mass is 35.5. The zero-order chi connectivity index (χ0) is 20.9. The number of hydrogen-bond acceptors (Lipinski definition) is 3. The van der Waals surface area contributed by atoms with Crippen LogP contribution >= 0.6 is 11.6 Å². The van der Waals surface area contributed by atoms with Crippen LogP contribution in [-0.2, 0) is 21.4 Å². The highest BCUT2D eigenvalue weighted by Gasteiger charge is 2.29. The molecule has 8 heteroatoms. The SMILES string of the molecule is O=C(CCC1CCN(S(=O)(=O)c2cccc(F)c2)CC1)NCc1ccc(Cl)cc1. The summed E-state index contributed by atoms with van der Waals surface area (Å²) in [5, 5.41) is 3.55. The van der Waals surface area contributed by atoms with E-state index in [1.807, 2.05) is 12.1 Å². The first kappa shape index (κ1) is 21.7. The van der Waals surface area contributed by atoms with Crippen LogP contribution in [0.2, 0.25) is 5.02 Å². The largest absolute Gasteiger partial charge is 0.352 e. The quantitative estimate of drug-likeness (QED) is 0.711. The van der Waals surface area contributed by atoms with E-state index in [4.69, 9.17) is 11.6 Å². The summed E-state index contributed by atoms with van der Waals surface area (Å²) in [6, 6.07) is 12.4. The van der Waals surface area contributed by atoms with Crippen LogP contribution < -0.4 is 5.32 Å². The van der Waals surface area contributed by atoms with Crippen LogP contribution in [0.15, 0.2) is 53.4 Å². The van der Waals surface area contributed by atoms with E-state index in [1.54, 1.807) is 12.1 Å². The van der Waals surface area contributed by atoms with Gasteiger partial charge in [-0.15, -0.1) is 0 Å². The molecule has 0 atom stereocenters. The zero-order valence-electron chi connectivity index (χ0n) is 16.0. The maximum atomic E-state index is 13.4. The van der Waals surface area contributed by atoms with Crippen LogP contribution in [0.1, 0.15) is 31.2 Å². The van der Waals surface area contributed by atoms with Crippen molar-refractivity contribution in [2.24, 2.45) is 5.92 Å². The Balaban J connectivity index is 1.42. The highest BCUT2D eigenvalue weighted by molar-refractivity contribution is 7.89. The molecule has 2 aromatic carbocycles. The lowest BCUT2D eigenvalue weighted by atomic mass is 9.93. The predicted octanol–water partition coefficient (Wildman–Crippen LogP) is 3.98. The van der Waals surface area contributed by atoms with E-state index in [0.717, 1.165) is 18.1 Å². The van der Waals surface area contributed by atoms with Crippen molar-refractivity contribution in [3.8, 4) is 0 Å². The Morgan fingerprint density at radius 3 is 2.48 bits per heavy atom. The van der Waals surface area contributed by atoms with Crippen LogP contribution in [0.3, 0.4) is 0 Å². The molecule has 29 heavy (non-hydrogen) atoms. The number of nitrogens with one attached hydrogen (secondary N) is 1. The van der Waals surface area contributed by atoms with E-state index in [0.29, 0.717) is 49.8 Å². The van der Waals surface area contributed by atoms with Gasteiger partial charge in [0.2, 0.25) is 15.9 Å². The van der Waals surface area contributed by atoms with E-state index >= 15 is 0 Å². The molecule has 1 aliphatic rings. The van der Waals surface area contributed by atoms with Crippen LogP contribution in [0.4, 0.5) is 4.39 Å². The van der Waals surface area contributed by atoms with Gasteiger partial charge in [0.05, 0.1) is 4.90 Å². The zero-order valence-corrected chi connectivity index (χ0v) is 17.6. The number of rotatable bonds is 7. The normalized spacial score (nSPS) is 15.9. The first-order valence-electron chi connectivity index (χ1n) is 9.61. The summed E-state index contributed by atoms with van der Waals surface area (Å²) < 4.78 is 40.0. The number of hydrogen-bond donors (Lipinski definition) is 1. The molecule has 0 unspecified atom stereocenters. The Kier molecular flexibility index (Phi) is 7.27. The van der Waals surface area contributed by atoms with E-state index in [-0.39, 0.29) is 10.8 Å². The molecule has 2 aromatic rings. The summed E-state index contributed by atoms with van der Waals surface area (Å²) >= 11 is 5.85. The second kappa shape index (κ2) is 9.69. The summed E-state index contributed by atoms with van der Waals surface area (Å²) in [6.45, 7) is 1.23. The fourth-order valence-corrected chi connectivity index (χ4v) is 5.07. The number of amides is 1. The van der Waals surface area contributed by atoms with Crippen LogP contribution in [0, 0.1) is 11.7 Å². The maximum Gasteiger partial charge on any atom is 0.243 e. The lowest BCUT2D eigenvalue weighted by Crippen LogP contribution is -2.38. The molecule has 1 aliphatic heterocycles. The van der Waals surface area contributed by atoms with Crippen molar-refractivity contribution in [3.63, 3.8) is 0 Å². The van der Waals surface area contributed by atoms with Gasteiger partial charge in [-0.2, -0.15) is 4.31 Å². The van der Waals surface area contributed by atoms with Crippen LogP contribution in [0.25, 0.3) is 0 Å². The van der Waals surface area contributed by atoms with Crippen molar-refractivity contribution < 1.29 is 17.6 Å². The minimum absolute atomic E-state index is 0.0162. The van der Waals surface area contributed by atoms with Gasteiger partial charge in [0.25, 0.3) is 0 Å². The van der Waals surface area contributed by atoms with Gasteiger partial charge in [0, 0.05) is 31.1 Å². The molecule has 1 heterocycles. The molecule has 0 spiro atoms. The average molecular weight is 439 g/mol. The fourth-order valence-electron chi connectivity index (χ4n) is 3.44. The van der Waals surface area contributed by atoms with Gasteiger partial charge >= 0.3 is 0 Å². The molecule has 1 fully saturated rings. The van der Waals surface area contributed by atoms with Gasteiger partial charge in [-0.05, 0) is 61.1 Å². The van der Waals surface area contributed by atoms with Crippen molar-refractivity contribution >= 4 is 27.5 Å². The molecule has 0 bridgehead atoms. The predicted molar refractivity (Wildman–Crippen MR) is 110 cm³/mol. The Morgan fingerprint density at radius 2 is 1.83 bits per heavy atom. The molecule has 5 nitrogen and oxygen atoms in total. The van der Waals surface area contributed by atoms with Crippen molar-refractivity contribution in [2.45, 2.75) is 37.1 Å². The van der Waals surface area contributed by atoms with Gasteiger partial charge in [-0.3, -0.25) is 4.79 Å². The Hall–Kier alpha value is -1.96. The monoisotopic (exact) mass is 438 g/mol. The Bertz CT molecular complexity index is 943. The van der Waals surface area contributed by atoms with Gasteiger partial charge < -0.3 is 5.32 Å². The van der Waals surface area contributed by atoms with E-state index in [1.165, 1.54) is 22.5 Å². The van der Waals surface area contributed by atoms with E-state index in [9.17, 15) is 17.6 Å². The first-order chi connectivity index (χ1) is 13.8. The van der Waals surface area contributed by atoms with E-state index < -0.39 is 15.8 Å². The number of halogens is 2. The average Bonchev–Trinajstić information content (AvgIpc) is 2.72. The van der Waals surface area contributed by atoms with Crippen LogP contribution in [-0.4, -0.2) is 31.7 Å². The lowest BCUT2D eigenvalue weighted by molar-refractivity contribution is -0.121. The smallest absolute Gasteiger partial charge is 0.243 e. The Morgan fingerprint density at radius 1 is 1.14 bits per heavy atom. The maximum absolute atomic E-state index is 13.4. The van der Waals surface area contributed by atoms with Crippen LogP contribution in [0.5, 0.6) is 0 Å². The molecule has 0 saturated carbocycles. The number of benzene rings is 2. The molecule has 156 valence electrons. The summed E-state index contributed by atoms with van der Waals surface area (Å²) in [5.74, 6) is -0.282. The molecule has 1 amide bonds. The Labute approximate surface area is 175 Å². The summed E-state index contributed by atoms with van der Waals surface area (Å²) in [5.41, 5.74) is 0.985. The third kappa shape index (κ3) is 6.01. The molecule has 3 rings (SSSR count). The molecule has 0 aliphatic carbocycles. The van der Waals surface area contributed by atoms with Crippen molar-refractivity contribution in [1.82, 2.24) is 9.62 Å². The number of sulfonamides is 1. The summed E-state index contributed by atoms with van der Waals surface area (Å²) in [6.07, 6.45) is 2.52. The third-order valence-electron chi connectivity index (χ3n) is 5.19. The third-order valence-corrected chi connectivity index (χ3v) is 7.34. The topological polar surface area (TPSA) is 66.5 Å². The van der Waals surface area contributed by atoms with Crippen molar-refractivity contribution in [3.05, 3.63) is 64.9 Å². The van der Waals surface area contributed by atoms with E-state index in [2.05, 4.69) is 5.32 Å². The molecular weight excluding hydrogens is 415 g/mol. The number of carbonyl (C=O) groups excluding carboxylic acids is 1. The first-order valence-corrected chi connectivity index (χ1v) is 11.4. The number of nitrogens with zero attached hydrogens (tertiary/aromatic N) is 1. The summed E-state index contributed by atoms with van der Waals surface area (Å²) in [4.78, 5) is 12.1. The number of carbonyl (C=O) groups is 1. The summed E-state index contributed by atoms with van der Waals surface area (Å²) in [7, 11) is -3.68. The standard InChI is InChI=1S/C21H24ClFN2O3S/c22-18-7-4-17(5-8-18)15-24-21(26)9-6-16-10-12-25(13-11-16)29(27,28)20-3-1-2-19(23)14-20/h1-5,7-8,14,16H,6,9-13,15H2,(H,24,26). The van der Waals surface area contributed by atoms with Gasteiger partial charge in [0.15, 0.2) is 0 Å². The van der Waals surface area contributed by atoms with Gasteiger partial charge in [0.1, 0.15) is 5.82 Å². The number of piperidine rings is 1. The molecule has 1 N–H and O–H groups in total. The lowest BCUT2D eigenvalue weighted by Gasteiger charge is -2.31. The molecule has 1 saturated heterocycles. The van der Waals surface area contributed by atoms with Gasteiger partial charge in [-0.1, -0.05) is 29.8 Å². The highest BCUT2D eigenvalue weighted by Crippen LogP contribution is 2.26. The second-order valence-corrected chi connectivity index (χ2v) is 9.62. The second-order valence-electron chi connectivity index (χ2n) is 7.25. The molecule has 0 aromatic heterocycles. The minimum Gasteiger partial charge on any atom is -0.352 e.